The first-order chi connectivity index (χ1) is 2.93. The normalized spacial score (nSPS) is 23.5. The van der Waals surface area contributed by atoms with Crippen LogP contribution < -0.4 is 0 Å². The van der Waals surface area contributed by atoms with Crippen molar-refractivity contribution in [2.24, 2.45) is 0 Å². The van der Waals surface area contributed by atoms with E-state index >= 15 is 0 Å². The topological polar surface area (TPSA) is 12.5 Å². The average molecular weight is 87.1 g/mol. The van der Waals surface area contributed by atoms with Crippen LogP contribution in [0.1, 0.15) is 6.92 Å². The van der Waals surface area contributed by atoms with E-state index in [9.17, 15) is 0 Å². The molecule has 0 unspecified atom stereocenters. The van der Waals surface area contributed by atoms with Crippen LogP contribution in [-0.4, -0.2) is 24.8 Å². The lowest BCUT2D eigenvalue weighted by atomic mass is 10.6. The summed E-state index contributed by atoms with van der Waals surface area (Å²) < 4.78 is 0. The van der Waals surface area contributed by atoms with E-state index in [0.717, 1.165) is 19.7 Å². The molecule has 1 fully saturated rings. The maximum Gasteiger partial charge on any atom is 0.0835 e. The molecule has 1 aliphatic rings. The van der Waals surface area contributed by atoms with Gasteiger partial charge in [0.1, 0.15) is 0 Å². The van der Waals surface area contributed by atoms with Gasteiger partial charge in [0.05, 0.1) is 6.61 Å². The first-order valence-electron chi connectivity index (χ1n) is 2.31. The third-order valence-electron chi connectivity index (χ3n) is 0.967. The Kier molecular flexibility index (Phi) is 1.08. The maximum absolute atomic E-state index is 4.91. The van der Waals surface area contributed by atoms with Gasteiger partial charge in [0.2, 0.25) is 0 Å². The van der Waals surface area contributed by atoms with Gasteiger partial charge < -0.3 is 0 Å². The zero-order valence-corrected chi connectivity index (χ0v) is 3.98. The molecule has 0 aromatic rings. The van der Waals surface area contributed by atoms with Crippen molar-refractivity contribution in [2.45, 2.75) is 6.92 Å². The van der Waals surface area contributed by atoms with Crippen LogP contribution in [0.15, 0.2) is 0 Å². The first-order valence-corrected chi connectivity index (χ1v) is 2.31. The molecule has 0 aliphatic carbocycles. The molecule has 0 amide bonds. The Morgan fingerprint density at radius 2 is 2.50 bits per heavy atom. The van der Waals surface area contributed by atoms with Crippen molar-refractivity contribution in [3.63, 3.8) is 0 Å². The molecule has 1 heterocycles. The summed E-state index contributed by atoms with van der Waals surface area (Å²) in [6.45, 7) is 5.16. The number of hydrogen-bond acceptors (Lipinski definition) is 2. The third kappa shape index (κ3) is 0.533. The molecule has 2 nitrogen and oxygen atoms in total. The molecule has 1 rings (SSSR count). The molecule has 0 radical (unpaired) electrons. The van der Waals surface area contributed by atoms with Crippen LogP contribution in [0, 0.1) is 0 Å². The second-order valence-electron chi connectivity index (χ2n) is 1.35. The minimum atomic E-state index is 0.924. The second-order valence-corrected chi connectivity index (χ2v) is 1.35. The van der Waals surface area contributed by atoms with Gasteiger partial charge in [0.25, 0.3) is 0 Å². The molecule has 0 spiro atoms. The smallest absolute Gasteiger partial charge is 0.0835 e. The molecular weight excluding hydrogens is 78.0 g/mol. The largest absolute Gasteiger partial charge is 0.297 e. The van der Waals surface area contributed by atoms with Crippen LogP contribution in [0.25, 0.3) is 0 Å². The molecule has 2 heteroatoms. The molecule has 0 N–H and O–H groups in total. The Balaban J connectivity index is 2.01. The van der Waals surface area contributed by atoms with E-state index in [0.29, 0.717) is 0 Å². The lowest BCUT2D eigenvalue weighted by molar-refractivity contribution is -0.243. The Morgan fingerprint density at radius 3 is 2.50 bits per heavy atom. The molecular formula is C4H9NO. The highest BCUT2D eigenvalue weighted by Crippen LogP contribution is 1.98. The van der Waals surface area contributed by atoms with E-state index in [1.165, 1.54) is 0 Å². The van der Waals surface area contributed by atoms with Gasteiger partial charge in [-0.05, 0) is 0 Å². The highest BCUT2D eigenvalue weighted by atomic mass is 16.7. The van der Waals surface area contributed by atoms with E-state index in [-0.39, 0.29) is 0 Å². The molecule has 0 aromatic heterocycles. The van der Waals surface area contributed by atoms with Crippen molar-refractivity contribution in [3.8, 4) is 0 Å². The highest BCUT2D eigenvalue weighted by molar-refractivity contribution is 4.47. The number of hydroxylamine groups is 2. The molecule has 0 aromatic carbocycles. The Bertz CT molecular complexity index is 40.1. The van der Waals surface area contributed by atoms with Crippen molar-refractivity contribution in [2.75, 3.05) is 19.7 Å². The summed E-state index contributed by atoms with van der Waals surface area (Å²) in [6, 6.07) is 0. The lowest BCUT2D eigenvalue weighted by Crippen LogP contribution is -2.38. The van der Waals surface area contributed by atoms with Crippen LogP contribution in [-0.2, 0) is 4.84 Å². The van der Waals surface area contributed by atoms with Gasteiger partial charge in [-0.15, -0.1) is 0 Å². The molecule has 1 aliphatic heterocycles. The van der Waals surface area contributed by atoms with Crippen LogP contribution in [0.5, 0.6) is 0 Å². The predicted molar refractivity (Wildman–Crippen MR) is 23.2 cm³/mol. The second kappa shape index (κ2) is 1.58. The van der Waals surface area contributed by atoms with Crippen molar-refractivity contribution in [1.29, 1.82) is 0 Å². The molecule has 0 bridgehead atoms. The number of hydrogen-bond donors (Lipinski definition) is 0. The number of rotatable bonds is 1. The van der Waals surface area contributed by atoms with E-state index in [4.69, 9.17) is 4.84 Å². The third-order valence-corrected chi connectivity index (χ3v) is 0.967. The zero-order valence-electron chi connectivity index (χ0n) is 3.98. The van der Waals surface area contributed by atoms with E-state index in [1.54, 1.807) is 0 Å². The van der Waals surface area contributed by atoms with Gasteiger partial charge in [-0.3, -0.25) is 4.84 Å². The van der Waals surface area contributed by atoms with Crippen molar-refractivity contribution >= 4 is 0 Å². The summed E-state index contributed by atoms with van der Waals surface area (Å²) in [5, 5.41) is 1.93. The van der Waals surface area contributed by atoms with Crippen LogP contribution in [0.4, 0.5) is 0 Å². The predicted octanol–water partition coefficient (Wildman–Crippen LogP) is 0.253. The summed E-state index contributed by atoms with van der Waals surface area (Å²) in [7, 11) is 0. The molecule has 0 saturated carbocycles. The van der Waals surface area contributed by atoms with Gasteiger partial charge in [0.15, 0.2) is 0 Å². The van der Waals surface area contributed by atoms with Crippen LogP contribution in [0.3, 0.4) is 0 Å². The van der Waals surface area contributed by atoms with Crippen LogP contribution >= 0.6 is 0 Å². The van der Waals surface area contributed by atoms with Crippen molar-refractivity contribution in [1.82, 2.24) is 5.06 Å². The molecule has 36 valence electrons. The summed E-state index contributed by atoms with van der Waals surface area (Å²) >= 11 is 0. The number of nitrogens with zero attached hydrogens (tertiary/aromatic N) is 1. The number of likely N-dealkylation sites (N-methyl/N-ethyl adjacent to an activating group) is 1. The quantitative estimate of drug-likeness (QED) is 0.454. The Hall–Kier alpha value is -0.0800. The Labute approximate surface area is 37.7 Å². The monoisotopic (exact) mass is 87.1 g/mol. The fraction of sp³-hybridized carbons (Fsp3) is 1.00. The first kappa shape index (κ1) is 4.09. The lowest BCUT2D eigenvalue weighted by Gasteiger charge is -2.28. The highest BCUT2D eigenvalue weighted by Gasteiger charge is 2.09. The molecule has 1 saturated heterocycles. The summed E-state index contributed by atoms with van der Waals surface area (Å²) in [6.07, 6.45) is 0. The SMILES string of the molecule is CCN1CCO1. The van der Waals surface area contributed by atoms with Crippen molar-refractivity contribution in [3.05, 3.63) is 0 Å². The summed E-state index contributed by atoms with van der Waals surface area (Å²) in [4.78, 5) is 4.91. The zero-order chi connectivity index (χ0) is 4.41. The minimum Gasteiger partial charge on any atom is -0.297 e. The average Bonchev–Trinajstić information content (AvgIpc) is 1.31. The summed E-state index contributed by atoms with van der Waals surface area (Å²) in [5.41, 5.74) is 0. The van der Waals surface area contributed by atoms with Gasteiger partial charge in [-0.1, -0.05) is 6.92 Å². The standard InChI is InChI=1S/C4H9NO/c1-2-5-3-4-6-5/h2-4H2,1H3. The van der Waals surface area contributed by atoms with Crippen LogP contribution in [0.2, 0.25) is 0 Å². The fourth-order valence-corrected chi connectivity index (χ4v) is 0.470. The van der Waals surface area contributed by atoms with Gasteiger partial charge in [-0.2, -0.15) is 5.06 Å². The molecule has 6 heavy (non-hydrogen) atoms. The maximum atomic E-state index is 4.91. The Morgan fingerprint density at radius 1 is 1.83 bits per heavy atom. The van der Waals surface area contributed by atoms with E-state index in [2.05, 4.69) is 6.92 Å². The molecule has 0 atom stereocenters. The van der Waals surface area contributed by atoms with Crippen molar-refractivity contribution < 1.29 is 4.84 Å². The van der Waals surface area contributed by atoms with Gasteiger partial charge >= 0.3 is 0 Å². The van der Waals surface area contributed by atoms with Gasteiger partial charge in [0, 0.05) is 13.1 Å². The minimum absolute atomic E-state index is 0.924. The van der Waals surface area contributed by atoms with E-state index < -0.39 is 0 Å². The summed E-state index contributed by atoms with van der Waals surface area (Å²) in [5.74, 6) is 0. The van der Waals surface area contributed by atoms with Gasteiger partial charge in [-0.25, -0.2) is 0 Å². The van der Waals surface area contributed by atoms with E-state index in [1.807, 2.05) is 5.06 Å². The fourth-order valence-electron chi connectivity index (χ4n) is 0.470.